The zero-order chi connectivity index (χ0) is 28.3. The fraction of sp³-hybridized carbons (Fsp3) is 0. The molecule has 9 rings (SSSR count). The molecule has 0 unspecified atom stereocenters. The zero-order valence-corrected chi connectivity index (χ0v) is 24.0. The van der Waals surface area contributed by atoms with Crippen LogP contribution in [-0.2, 0) is 0 Å². The largest absolute Gasteiger partial charge is 0.456 e. The van der Waals surface area contributed by atoms with Crippen LogP contribution in [0.4, 0.5) is 17.1 Å². The standard InChI is InChI=1S/C40H25NOS/c1-3-9-26(10-4-1)27-15-18-30(19-16-27)41(29-12-5-2-6-13-29)31-20-22-35-34(25-31)39-36(42-35)23-21-33-38-32-14-8-7-11-28(32)17-24-37(38)43-40(33)39/h1-25H. The number of nitrogens with zero attached hydrogens (tertiary/aromatic N) is 1. The van der Waals surface area contributed by atoms with Gasteiger partial charge in [-0.1, -0.05) is 91.0 Å². The van der Waals surface area contributed by atoms with Crippen LogP contribution >= 0.6 is 11.3 Å². The van der Waals surface area contributed by atoms with E-state index in [1.54, 1.807) is 0 Å². The molecule has 0 aliphatic carbocycles. The highest BCUT2D eigenvalue weighted by Crippen LogP contribution is 2.46. The van der Waals surface area contributed by atoms with Gasteiger partial charge in [-0.3, -0.25) is 0 Å². The summed E-state index contributed by atoms with van der Waals surface area (Å²) in [5, 5.41) is 7.51. The minimum atomic E-state index is 0.904. The highest BCUT2D eigenvalue weighted by atomic mass is 32.1. The molecule has 0 fully saturated rings. The number of para-hydroxylation sites is 1. The molecule has 0 radical (unpaired) electrons. The molecule has 0 aliphatic heterocycles. The van der Waals surface area contributed by atoms with Gasteiger partial charge in [-0.05, 0) is 82.6 Å². The maximum absolute atomic E-state index is 6.44. The van der Waals surface area contributed by atoms with Gasteiger partial charge in [0.25, 0.3) is 0 Å². The Morgan fingerprint density at radius 3 is 1.95 bits per heavy atom. The first-order chi connectivity index (χ1) is 21.3. The van der Waals surface area contributed by atoms with Crippen molar-refractivity contribution in [3.63, 3.8) is 0 Å². The van der Waals surface area contributed by atoms with Crippen molar-refractivity contribution in [2.45, 2.75) is 0 Å². The number of anilines is 3. The van der Waals surface area contributed by atoms with Crippen LogP contribution in [0.1, 0.15) is 0 Å². The minimum absolute atomic E-state index is 0.904. The zero-order valence-electron chi connectivity index (χ0n) is 23.2. The summed E-state index contributed by atoms with van der Waals surface area (Å²) in [4.78, 5) is 2.33. The fourth-order valence-corrected chi connectivity index (χ4v) is 7.72. The van der Waals surface area contributed by atoms with E-state index in [1.807, 2.05) is 11.3 Å². The molecule has 9 aromatic rings. The van der Waals surface area contributed by atoms with Gasteiger partial charge in [0.05, 0.1) is 0 Å². The molecule has 2 nitrogen and oxygen atoms in total. The summed E-state index contributed by atoms with van der Waals surface area (Å²) in [6.45, 7) is 0. The molecule has 2 heterocycles. The molecular weight excluding hydrogens is 543 g/mol. The van der Waals surface area contributed by atoms with Crippen LogP contribution in [0.15, 0.2) is 156 Å². The SMILES string of the molecule is c1ccc(-c2ccc(N(c3ccccc3)c3ccc4oc5ccc6c(sc7ccc8ccccc8c76)c5c4c3)cc2)cc1. The van der Waals surface area contributed by atoms with Crippen LogP contribution in [0.3, 0.4) is 0 Å². The van der Waals surface area contributed by atoms with Crippen LogP contribution in [0.5, 0.6) is 0 Å². The van der Waals surface area contributed by atoms with E-state index in [4.69, 9.17) is 4.42 Å². The summed E-state index contributed by atoms with van der Waals surface area (Å²) in [5.41, 5.74) is 7.56. The number of fused-ring (bicyclic) bond motifs is 9. The quantitative estimate of drug-likeness (QED) is 0.210. The molecule has 0 saturated carbocycles. The normalized spacial score (nSPS) is 11.7. The van der Waals surface area contributed by atoms with Gasteiger partial charge in [-0.15, -0.1) is 11.3 Å². The second-order valence-corrected chi connectivity index (χ2v) is 12.0. The number of thiophene rings is 1. The highest BCUT2D eigenvalue weighted by molar-refractivity contribution is 7.27. The Labute approximate surface area is 252 Å². The van der Waals surface area contributed by atoms with Crippen LogP contribution in [0.2, 0.25) is 0 Å². The van der Waals surface area contributed by atoms with E-state index < -0.39 is 0 Å². The summed E-state index contributed by atoms with van der Waals surface area (Å²) in [5.74, 6) is 0. The number of furan rings is 1. The smallest absolute Gasteiger partial charge is 0.136 e. The van der Waals surface area contributed by atoms with E-state index in [0.29, 0.717) is 0 Å². The van der Waals surface area contributed by atoms with Crippen molar-refractivity contribution in [1.29, 1.82) is 0 Å². The van der Waals surface area contributed by atoms with Gasteiger partial charge >= 0.3 is 0 Å². The van der Waals surface area contributed by atoms with Crippen molar-refractivity contribution < 1.29 is 4.42 Å². The van der Waals surface area contributed by atoms with E-state index in [2.05, 4.69) is 157 Å². The average Bonchev–Trinajstić information content (AvgIpc) is 3.64. The molecule has 0 atom stereocenters. The number of benzene rings is 7. The van der Waals surface area contributed by atoms with Crippen molar-refractivity contribution in [2.24, 2.45) is 0 Å². The van der Waals surface area contributed by atoms with Crippen molar-refractivity contribution >= 4 is 81.3 Å². The topological polar surface area (TPSA) is 16.4 Å². The first-order valence-corrected chi connectivity index (χ1v) is 15.3. The lowest BCUT2D eigenvalue weighted by molar-refractivity contribution is 0.669. The second-order valence-electron chi connectivity index (χ2n) is 10.9. The lowest BCUT2D eigenvalue weighted by Gasteiger charge is -2.25. The van der Waals surface area contributed by atoms with Gasteiger partial charge < -0.3 is 9.32 Å². The highest BCUT2D eigenvalue weighted by Gasteiger charge is 2.19. The molecule has 0 saturated heterocycles. The fourth-order valence-electron chi connectivity index (χ4n) is 6.45. The third kappa shape index (κ3) is 3.86. The predicted octanol–water partition coefficient (Wildman–Crippen LogP) is 12.2. The Morgan fingerprint density at radius 1 is 0.442 bits per heavy atom. The summed E-state index contributed by atoms with van der Waals surface area (Å²) in [7, 11) is 0. The van der Waals surface area contributed by atoms with Gasteiger partial charge in [0.1, 0.15) is 11.2 Å². The molecule has 0 N–H and O–H groups in total. The molecule has 202 valence electrons. The van der Waals surface area contributed by atoms with Crippen molar-refractivity contribution in [1.82, 2.24) is 0 Å². The van der Waals surface area contributed by atoms with Crippen LogP contribution in [0.25, 0.3) is 64.0 Å². The van der Waals surface area contributed by atoms with Crippen molar-refractivity contribution in [2.75, 3.05) is 4.90 Å². The molecule has 0 spiro atoms. The Bertz CT molecular complexity index is 2440. The average molecular weight is 568 g/mol. The summed E-state index contributed by atoms with van der Waals surface area (Å²) in [6, 6.07) is 54.1. The van der Waals surface area contributed by atoms with Gasteiger partial charge in [0.15, 0.2) is 0 Å². The van der Waals surface area contributed by atoms with Crippen LogP contribution in [-0.4, -0.2) is 0 Å². The monoisotopic (exact) mass is 567 g/mol. The Morgan fingerprint density at radius 2 is 1.12 bits per heavy atom. The molecule has 7 aromatic carbocycles. The third-order valence-corrected chi connectivity index (χ3v) is 9.64. The lowest BCUT2D eigenvalue weighted by atomic mass is 10.0. The van der Waals surface area contributed by atoms with Crippen LogP contribution < -0.4 is 4.90 Å². The van der Waals surface area contributed by atoms with Crippen molar-refractivity contribution in [3.05, 3.63) is 152 Å². The van der Waals surface area contributed by atoms with E-state index in [1.165, 1.54) is 47.5 Å². The van der Waals surface area contributed by atoms with E-state index in [9.17, 15) is 0 Å². The molecular formula is C40H25NOS. The predicted molar refractivity (Wildman–Crippen MR) is 184 cm³/mol. The molecule has 43 heavy (non-hydrogen) atoms. The summed E-state index contributed by atoms with van der Waals surface area (Å²) >= 11 is 1.86. The van der Waals surface area contributed by atoms with E-state index >= 15 is 0 Å². The first kappa shape index (κ1) is 24.2. The number of rotatable bonds is 4. The third-order valence-electron chi connectivity index (χ3n) is 8.45. The Balaban J connectivity index is 1.26. The number of hydrogen-bond donors (Lipinski definition) is 0. The van der Waals surface area contributed by atoms with Gasteiger partial charge in [-0.2, -0.15) is 0 Å². The number of hydrogen-bond acceptors (Lipinski definition) is 3. The molecule has 3 heteroatoms. The summed E-state index contributed by atoms with van der Waals surface area (Å²) in [6.07, 6.45) is 0. The molecule has 2 aromatic heterocycles. The van der Waals surface area contributed by atoms with Gasteiger partial charge in [-0.25, -0.2) is 0 Å². The maximum Gasteiger partial charge on any atom is 0.136 e. The summed E-state index contributed by atoms with van der Waals surface area (Å²) < 4.78 is 9.02. The van der Waals surface area contributed by atoms with E-state index in [0.717, 1.165) is 33.6 Å². The second kappa shape index (κ2) is 9.59. The minimum Gasteiger partial charge on any atom is -0.456 e. The molecule has 0 bridgehead atoms. The van der Waals surface area contributed by atoms with Gasteiger partial charge in [0.2, 0.25) is 0 Å². The van der Waals surface area contributed by atoms with E-state index in [-0.39, 0.29) is 0 Å². The first-order valence-electron chi connectivity index (χ1n) is 14.5. The maximum atomic E-state index is 6.44. The van der Waals surface area contributed by atoms with Crippen molar-refractivity contribution in [3.8, 4) is 11.1 Å². The van der Waals surface area contributed by atoms with Crippen LogP contribution in [0, 0.1) is 0 Å². The Kier molecular flexibility index (Phi) is 5.40. The molecule has 0 amide bonds. The Hall–Kier alpha value is -5.38. The molecule has 0 aliphatic rings. The lowest BCUT2D eigenvalue weighted by Crippen LogP contribution is -2.09. The van der Waals surface area contributed by atoms with Gasteiger partial charge in [0, 0.05) is 48.0 Å².